The Morgan fingerprint density at radius 3 is 2.59 bits per heavy atom. The van der Waals surface area contributed by atoms with Crippen LogP contribution in [0.25, 0.3) is 0 Å². The van der Waals surface area contributed by atoms with Gasteiger partial charge in [-0.3, -0.25) is 4.99 Å². The molecule has 6 nitrogen and oxygen atoms in total. The Kier molecular flexibility index (Phi) is 8.72. The van der Waals surface area contributed by atoms with E-state index in [0.717, 1.165) is 51.0 Å². The highest BCUT2D eigenvalue weighted by Gasteiger charge is 2.19. The number of nitrogens with zero attached hydrogens (tertiary/aromatic N) is 4. The van der Waals surface area contributed by atoms with E-state index < -0.39 is 0 Å². The predicted octanol–water partition coefficient (Wildman–Crippen LogP) is 2.51. The Morgan fingerprint density at radius 1 is 1.22 bits per heavy atom. The van der Waals surface area contributed by atoms with Crippen molar-refractivity contribution >= 4 is 11.6 Å². The van der Waals surface area contributed by atoms with Crippen LogP contribution in [0.4, 0.5) is 5.69 Å². The number of nitrogens with one attached hydrogen (secondary N) is 1. The van der Waals surface area contributed by atoms with Gasteiger partial charge in [0, 0.05) is 57.6 Å². The lowest BCUT2D eigenvalue weighted by atomic mass is 10.2. The number of hydrogen-bond donors (Lipinski definition) is 1. The molecule has 2 rings (SSSR count). The predicted molar refractivity (Wildman–Crippen MR) is 115 cm³/mol. The van der Waals surface area contributed by atoms with Crippen molar-refractivity contribution < 1.29 is 4.74 Å². The molecule has 0 bridgehead atoms. The Bertz CT molecular complexity index is 582. The summed E-state index contributed by atoms with van der Waals surface area (Å²) in [4.78, 5) is 11.6. The third kappa shape index (κ3) is 6.61. The highest BCUT2D eigenvalue weighted by molar-refractivity contribution is 5.80. The van der Waals surface area contributed by atoms with Gasteiger partial charge in [-0.25, -0.2) is 0 Å². The second-order valence-corrected chi connectivity index (χ2v) is 7.43. The van der Waals surface area contributed by atoms with Crippen LogP contribution in [0.1, 0.15) is 26.7 Å². The molecule has 1 fully saturated rings. The number of anilines is 1. The molecule has 0 aliphatic carbocycles. The van der Waals surface area contributed by atoms with E-state index in [4.69, 9.17) is 4.74 Å². The molecule has 6 heteroatoms. The summed E-state index contributed by atoms with van der Waals surface area (Å²) in [6.07, 6.45) is 2.38. The average molecular weight is 376 g/mol. The molecule has 1 aliphatic heterocycles. The highest BCUT2D eigenvalue weighted by Crippen LogP contribution is 2.22. The monoisotopic (exact) mass is 375 g/mol. The summed E-state index contributed by atoms with van der Waals surface area (Å²) in [7, 11) is 5.79. The minimum Gasteiger partial charge on any atom is -0.497 e. The lowest BCUT2D eigenvalue weighted by Gasteiger charge is -2.37. The van der Waals surface area contributed by atoms with Gasteiger partial charge >= 0.3 is 0 Å². The Balaban J connectivity index is 1.73. The quantitative estimate of drug-likeness (QED) is 0.430. The summed E-state index contributed by atoms with van der Waals surface area (Å²) in [5.74, 6) is 1.94. The fraction of sp³-hybridized carbons (Fsp3) is 0.667. The fourth-order valence-corrected chi connectivity index (χ4v) is 3.26. The normalized spacial score (nSPS) is 15.6. The number of hydrogen-bond acceptors (Lipinski definition) is 4. The average Bonchev–Trinajstić information content (AvgIpc) is 2.70. The standard InChI is InChI=1S/C21H37N5O/c1-18(2)24(4)12-7-6-11-23-21(22-3)26-15-13-25(14-16-26)19-9-8-10-20(17-19)27-5/h8-10,17-18H,6-7,11-16H2,1-5H3,(H,22,23). The van der Waals surface area contributed by atoms with Gasteiger partial charge in [0.1, 0.15) is 5.75 Å². The van der Waals surface area contributed by atoms with Crippen molar-refractivity contribution in [3.05, 3.63) is 24.3 Å². The SMILES string of the molecule is CN=C(NCCCCN(C)C(C)C)N1CCN(c2cccc(OC)c2)CC1. The van der Waals surface area contributed by atoms with Gasteiger partial charge < -0.3 is 24.8 Å². The summed E-state index contributed by atoms with van der Waals surface area (Å²) in [6.45, 7) is 10.6. The molecule has 0 saturated carbocycles. The maximum Gasteiger partial charge on any atom is 0.193 e. The van der Waals surface area contributed by atoms with Crippen LogP contribution in [0.3, 0.4) is 0 Å². The van der Waals surface area contributed by atoms with Gasteiger partial charge in [0.15, 0.2) is 5.96 Å². The van der Waals surface area contributed by atoms with Crippen LogP contribution in [0.15, 0.2) is 29.3 Å². The zero-order valence-corrected chi connectivity index (χ0v) is 17.7. The van der Waals surface area contributed by atoms with Crippen LogP contribution >= 0.6 is 0 Å². The molecule has 0 spiro atoms. The van der Waals surface area contributed by atoms with E-state index in [0.29, 0.717) is 6.04 Å². The minimum absolute atomic E-state index is 0.617. The van der Waals surface area contributed by atoms with Crippen molar-refractivity contribution in [3.63, 3.8) is 0 Å². The Labute approximate surface area is 165 Å². The number of benzene rings is 1. The van der Waals surface area contributed by atoms with E-state index in [9.17, 15) is 0 Å². The van der Waals surface area contributed by atoms with E-state index in [1.807, 2.05) is 13.1 Å². The highest BCUT2D eigenvalue weighted by atomic mass is 16.5. The lowest BCUT2D eigenvalue weighted by Crippen LogP contribution is -2.52. The van der Waals surface area contributed by atoms with Crippen LogP contribution in [0.5, 0.6) is 5.75 Å². The fourth-order valence-electron chi connectivity index (χ4n) is 3.26. The third-order valence-electron chi connectivity index (χ3n) is 5.31. The largest absolute Gasteiger partial charge is 0.497 e. The van der Waals surface area contributed by atoms with E-state index in [2.05, 4.69) is 64.1 Å². The van der Waals surface area contributed by atoms with E-state index in [1.54, 1.807) is 7.11 Å². The molecule has 0 aromatic heterocycles. The summed E-state index contributed by atoms with van der Waals surface area (Å²) in [5.41, 5.74) is 1.23. The molecule has 1 heterocycles. The van der Waals surface area contributed by atoms with Gasteiger partial charge in [0.05, 0.1) is 7.11 Å². The van der Waals surface area contributed by atoms with Gasteiger partial charge in [0.2, 0.25) is 0 Å². The van der Waals surface area contributed by atoms with Gasteiger partial charge in [-0.15, -0.1) is 0 Å². The Morgan fingerprint density at radius 2 is 1.96 bits per heavy atom. The molecule has 27 heavy (non-hydrogen) atoms. The summed E-state index contributed by atoms with van der Waals surface area (Å²) in [5, 5.41) is 3.53. The van der Waals surface area contributed by atoms with E-state index >= 15 is 0 Å². The first-order valence-electron chi connectivity index (χ1n) is 10.1. The number of aliphatic imine (C=N–C) groups is 1. The molecular formula is C21H37N5O. The van der Waals surface area contributed by atoms with Crippen molar-refractivity contribution in [1.82, 2.24) is 15.1 Å². The van der Waals surface area contributed by atoms with Crippen molar-refractivity contribution in [1.29, 1.82) is 0 Å². The molecule has 0 amide bonds. The van der Waals surface area contributed by atoms with Gasteiger partial charge in [-0.2, -0.15) is 0 Å². The van der Waals surface area contributed by atoms with Crippen LogP contribution in [0, 0.1) is 0 Å². The van der Waals surface area contributed by atoms with Crippen molar-refractivity contribution in [2.24, 2.45) is 4.99 Å². The number of ether oxygens (including phenoxy) is 1. The molecule has 1 saturated heterocycles. The lowest BCUT2D eigenvalue weighted by molar-refractivity contribution is 0.268. The first-order valence-corrected chi connectivity index (χ1v) is 10.1. The number of guanidine groups is 1. The molecule has 0 unspecified atom stereocenters. The molecular weight excluding hydrogens is 338 g/mol. The van der Waals surface area contributed by atoms with Crippen molar-refractivity contribution in [2.75, 3.05) is 65.4 Å². The van der Waals surface area contributed by atoms with Crippen LogP contribution in [0.2, 0.25) is 0 Å². The second kappa shape index (κ2) is 11.0. The minimum atomic E-state index is 0.617. The maximum atomic E-state index is 5.35. The maximum absolute atomic E-state index is 5.35. The molecule has 152 valence electrons. The first kappa shape index (κ1) is 21.4. The van der Waals surface area contributed by atoms with Gasteiger partial charge in [-0.05, 0) is 52.4 Å². The Hall–Kier alpha value is -1.95. The topological polar surface area (TPSA) is 43.3 Å². The number of unbranched alkanes of at least 4 members (excludes halogenated alkanes) is 1. The zero-order valence-electron chi connectivity index (χ0n) is 17.7. The van der Waals surface area contributed by atoms with Crippen molar-refractivity contribution in [2.45, 2.75) is 32.7 Å². The van der Waals surface area contributed by atoms with E-state index in [1.165, 1.54) is 18.5 Å². The van der Waals surface area contributed by atoms with Crippen LogP contribution < -0.4 is 15.0 Å². The van der Waals surface area contributed by atoms with Crippen LogP contribution in [-0.4, -0.2) is 82.3 Å². The molecule has 1 aromatic carbocycles. The number of piperazine rings is 1. The molecule has 1 aliphatic rings. The van der Waals surface area contributed by atoms with Gasteiger partial charge in [0.25, 0.3) is 0 Å². The number of rotatable bonds is 8. The zero-order chi connectivity index (χ0) is 19.6. The second-order valence-electron chi connectivity index (χ2n) is 7.43. The molecule has 1 N–H and O–H groups in total. The smallest absolute Gasteiger partial charge is 0.193 e. The molecule has 1 aromatic rings. The molecule has 0 atom stereocenters. The van der Waals surface area contributed by atoms with E-state index in [-0.39, 0.29) is 0 Å². The van der Waals surface area contributed by atoms with Crippen molar-refractivity contribution in [3.8, 4) is 5.75 Å². The third-order valence-corrected chi connectivity index (χ3v) is 5.31. The summed E-state index contributed by atoms with van der Waals surface area (Å²) < 4.78 is 5.35. The first-order chi connectivity index (χ1) is 13.0. The molecule has 0 radical (unpaired) electrons. The summed E-state index contributed by atoms with van der Waals surface area (Å²) >= 11 is 0. The van der Waals surface area contributed by atoms with Gasteiger partial charge in [-0.1, -0.05) is 6.07 Å². The van der Waals surface area contributed by atoms with Crippen LogP contribution in [-0.2, 0) is 0 Å². The number of methoxy groups -OCH3 is 1. The summed E-state index contributed by atoms with van der Waals surface area (Å²) in [6, 6.07) is 8.92.